The molecule has 0 spiro atoms. The van der Waals surface area contributed by atoms with Gasteiger partial charge < -0.3 is 26.2 Å². The third-order valence-electron chi connectivity index (χ3n) is 4.70. The zero-order valence-electron chi connectivity index (χ0n) is 18.1. The molecule has 0 saturated carbocycles. The highest BCUT2D eigenvalue weighted by Gasteiger charge is 2.29. The molecule has 1 aliphatic rings. The van der Waals surface area contributed by atoms with Gasteiger partial charge in [0.25, 0.3) is 0 Å². The molecule has 8 nitrogen and oxygen atoms in total. The summed E-state index contributed by atoms with van der Waals surface area (Å²) in [6, 6.07) is -2.07. The summed E-state index contributed by atoms with van der Waals surface area (Å²) >= 11 is 0. The van der Waals surface area contributed by atoms with E-state index in [0.29, 0.717) is 18.6 Å². The van der Waals surface area contributed by atoms with Gasteiger partial charge in [-0.25, -0.2) is 0 Å². The number of hydrogen-bond acceptors (Lipinski definition) is 7. The van der Waals surface area contributed by atoms with Crippen molar-refractivity contribution >= 4 is 39.3 Å². The summed E-state index contributed by atoms with van der Waals surface area (Å²) in [6.07, 6.45) is 2.91. The predicted molar refractivity (Wildman–Crippen MR) is 122 cm³/mol. The summed E-state index contributed by atoms with van der Waals surface area (Å²) in [4.78, 5) is 37.5. The van der Waals surface area contributed by atoms with E-state index < -0.39 is 42.1 Å². The first-order valence-electron chi connectivity index (χ1n) is 10.3. The summed E-state index contributed by atoms with van der Waals surface area (Å²) in [7, 11) is 3.04. The number of amides is 3. The summed E-state index contributed by atoms with van der Waals surface area (Å²) in [6.45, 7) is 7.22. The monoisotopic (exact) mass is 461 g/mol. The van der Waals surface area contributed by atoms with Crippen molar-refractivity contribution in [2.24, 2.45) is 5.92 Å². The minimum absolute atomic E-state index is 0.0281. The van der Waals surface area contributed by atoms with Gasteiger partial charge in [0.1, 0.15) is 12.1 Å². The molecule has 0 aromatic rings. The Kier molecular flexibility index (Phi) is 12.5. The first kappa shape index (κ1) is 26.8. The Morgan fingerprint density at radius 1 is 1.30 bits per heavy atom. The van der Waals surface area contributed by atoms with E-state index in [1.807, 2.05) is 26.8 Å². The quantitative estimate of drug-likeness (QED) is 0.305. The lowest BCUT2D eigenvalue weighted by Crippen LogP contribution is -2.57. The fraction of sp³-hybridized carbons (Fsp3) is 0.750. The second-order valence-corrected chi connectivity index (χ2v) is 10.3. The van der Waals surface area contributed by atoms with Crippen LogP contribution in [0.4, 0.5) is 0 Å². The smallest absolute Gasteiger partial charge is 0.243 e. The number of aliphatic hydroxyl groups is 2. The molecule has 0 radical (unpaired) electrons. The summed E-state index contributed by atoms with van der Waals surface area (Å²) in [5.41, 5.74) is 0. The van der Waals surface area contributed by atoms with Crippen LogP contribution in [0.25, 0.3) is 0 Å². The molecule has 0 aliphatic carbocycles. The molecule has 1 aliphatic heterocycles. The van der Waals surface area contributed by atoms with Gasteiger partial charge in [-0.1, -0.05) is 54.5 Å². The van der Waals surface area contributed by atoms with E-state index in [4.69, 9.17) is 0 Å². The standard InChI is InChI=1S/C20H35N3O5S2/c1-5-16(25)18(12(2)3)23-20(28)15-11-30-29-9-7-6-8-14(24)10-17(26)21-13(4)19(27)22-15/h6,8,12-16,18,24-25H,5,7,9-11H2,1-4H3,(H,21,26)(H,22,27)(H,23,28)/b8-6+/t13-,14-,15-,16+,18?/m1/s1. The van der Waals surface area contributed by atoms with Gasteiger partial charge in [0, 0.05) is 11.5 Å². The van der Waals surface area contributed by atoms with E-state index in [1.165, 1.54) is 17.7 Å². The van der Waals surface area contributed by atoms with E-state index in [2.05, 4.69) is 16.0 Å². The van der Waals surface area contributed by atoms with Gasteiger partial charge in [-0.3, -0.25) is 14.4 Å². The maximum atomic E-state index is 12.9. The van der Waals surface area contributed by atoms with Crippen molar-refractivity contribution in [3.8, 4) is 0 Å². The second kappa shape index (κ2) is 14.0. The fourth-order valence-corrected chi connectivity index (χ4v) is 5.03. The lowest BCUT2D eigenvalue weighted by molar-refractivity contribution is -0.132. The maximum Gasteiger partial charge on any atom is 0.243 e. The normalized spacial score (nSPS) is 27.8. The first-order valence-corrected chi connectivity index (χ1v) is 12.8. The third-order valence-corrected chi connectivity index (χ3v) is 7.15. The van der Waals surface area contributed by atoms with Crippen molar-refractivity contribution < 1.29 is 24.6 Å². The summed E-state index contributed by atoms with van der Waals surface area (Å²) < 4.78 is 0. The molecule has 0 bridgehead atoms. The van der Waals surface area contributed by atoms with Crippen molar-refractivity contribution in [2.45, 2.75) is 77.3 Å². The van der Waals surface area contributed by atoms with Crippen LogP contribution in [0.15, 0.2) is 12.2 Å². The van der Waals surface area contributed by atoms with Gasteiger partial charge in [-0.2, -0.15) is 0 Å². The maximum absolute atomic E-state index is 12.9. The van der Waals surface area contributed by atoms with Crippen molar-refractivity contribution in [3.05, 3.63) is 12.2 Å². The molecule has 1 heterocycles. The topological polar surface area (TPSA) is 128 Å². The summed E-state index contributed by atoms with van der Waals surface area (Å²) in [5.74, 6) is -0.142. The Bertz CT molecular complexity index is 603. The molecule has 1 unspecified atom stereocenters. The molecule has 10 heteroatoms. The Hall–Kier alpha value is -1.23. The van der Waals surface area contributed by atoms with Gasteiger partial charge in [-0.15, -0.1) is 0 Å². The van der Waals surface area contributed by atoms with Crippen molar-refractivity contribution in [3.63, 3.8) is 0 Å². The molecule has 3 amide bonds. The SMILES string of the molecule is CC[C@H](O)C(NC(=O)[C@H]1CSSCC/C=C/[C@@H](O)CC(=O)N[C@H](C)C(=O)N1)C(C)C. The van der Waals surface area contributed by atoms with Crippen LogP contribution in [0.5, 0.6) is 0 Å². The van der Waals surface area contributed by atoms with Crippen molar-refractivity contribution in [1.29, 1.82) is 0 Å². The minimum atomic E-state index is -0.903. The third kappa shape index (κ3) is 9.72. The molecule has 172 valence electrons. The summed E-state index contributed by atoms with van der Waals surface area (Å²) in [5, 5.41) is 28.2. The molecule has 0 saturated heterocycles. The van der Waals surface area contributed by atoms with Crippen LogP contribution in [0.1, 0.15) is 47.0 Å². The predicted octanol–water partition coefficient (Wildman–Crippen LogP) is 0.980. The molecule has 30 heavy (non-hydrogen) atoms. The molecule has 1 rings (SSSR count). The van der Waals surface area contributed by atoms with Crippen LogP contribution in [0, 0.1) is 5.92 Å². The largest absolute Gasteiger partial charge is 0.391 e. The Labute approximate surface area is 186 Å². The number of carbonyl (C=O) groups is 3. The van der Waals surface area contributed by atoms with E-state index >= 15 is 0 Å². The van der Waals surface area contributed by atoms with Gasteiger partial charge in [0.05, 0.1) is 24.7 Å². The molecular weight excluding hydrogens is 426 g/mol. The van der Waals surface area contributed by atoms with Crippen LogP contribution in [-0.2, 0) is 14.4 Å². The molecule has 5 N–H and O–H groups in total. The first-order chi connectivity index (χ1) is 14.1. The average Bonchev–Trinajstić information content (AvgIpc) is 2.68. The van der Waals surface area contributed by atoms with Crippen molar-refractivity contribution in [2.75, 3.05) is 11.5 Å². The van der Waals surface area contributed by atoms with Gasteiger partial charge >= 0.3 is 0 Å². The van der Waals surface area contributed by atoms with Crippen LogP contribution in [0.2, 0.25) is 0 Å². The molecular formula is C20H35N3O5S2. The average molecular weight is 462 g/mol. The lowest BCUT2D eigenvalue weighted by atomic mass is 9.96. The molecule has 0 aromatic heterocycles. The van der Waals surface area contributed by atoms with Crippen LogP contribution in [0.3, 0.4) is 0 Å². The van der Waals surface area contributed by atoms with E-state index in [9.17, 15) is 24.6 Å². The van der Waals surface area contributed by atoms with E-state index in [1.54, 1.807) is 16.9 Å². The van der Waals surface area contributed by atoms with Crippen LogP contribution in [-0.4, -0.2) is 69.8 Å². The molecule has 5 atom stereocenters. The van der Waals surface area contributed by atoms with E-state index in [-0.39, 0.29) is 18.2 Å². The highest BCUT2D eigenvalue weighted by Crippen LogP contribution is 2.23. The highest BCUT2D eigenvalue weighted by molar-refractivity contribution is 8.76. The molecule has 0 fully saturated rings. The van der Waals surface area contributed by atoms with Crippen LogP contribution >= 0.6 is 21.6 Å². The van der Waals surface area contributed by atoms with Crippen LogP contribution < -0.4 is 16.0 Å². The van der Waals surface area contributed by atoms with Crippen molar-refractivity contribution in [1.82, 2.24) is 16.0 Å². The fourth-order valence-electron chi connectivity index (χ4n) is 2.87. The Balaban J connectivity index is 2.90. The zero-order chi connectivity index (χ0) is 22.7. The lowest BCUT2D eigenvalue weighted by Gasteiger charge is -2.29. The van der Waals surface area contributed by atoms with E-state index in [0.717, 1.165) is 5.75 Å². The van der Waals surface area contributed by atoms with Gasteiger partial charge in [-0.05, 0) is 25.7 Å². The Morgan fingerprint density at radius 2 is 2.00 bits per heavy atom. The Morgan fingerprint density at radius 3 is 2.63 bits per heavy atom. The number of carbonyl (C=O) groups excluding carboxylic acids is 3. The number of allylic oxidation sites excluding steroid dienone is 1. The number of nitrogens with one attached hydrogen (secondary N) is 3. The number of rotatable bonds is 5. The highest BCUT2D eigenvalue weighted by atomic mass is 33.1. The van der Waals surface area contributed by atoms with Gasteiger partial charge in [0.2, 0.25) is 17.7 Å². The minimum Gasteiger partial charge on any atom is -0.391 e. The second-order valence-electron chi connectivity index (χ2n) is 7.70. The zero-order valence-corrected chi connectivity index (χ0v) is 19.7. The molecule has 0 aromatic carbocycles. The number of hydrogen-bond donors (Lipinski definition) is 5. The number of aliphatic hydroxyl groups excluding tert-OH is 2. The van der Waals surface area contributed by atoms with Gasteiger partial charge in [0.15, 0.2) is 0 Å².